The maximum Gasteiger partial charge on any atom is 0.253 e. The van der Waals surface area contributed by atoms with E-state index in [2.05, 4.69) is 11.8 Å². The molecule has 0 radical (unpaired) electrons. The Morgan fingerprint density at radius 3 is 2.27 bits per heavy atom. The van der Waals surface area contributed by atoms with Crippen molar-refractivity contribution in [3.63, 3.8) is 0 Å². The molecule has 1 spiro atoms. The van der Waals surface area contributed by atoms with E-state index in [-0.39, 0.29) is 22.9 Å². The molecule has 2 aromatic carbocycles. The van der Waals surface area contributed by atoms with Crippen molar-refractivity contribution < 1.29 is 19.1 Å². The number of likely N-dealkylation sites (tertiary alicyclic amines) is 1. The van der Waals surface area contributed by atoms with Crippen LogP contribution in [-0.2, 0) is 9.59 Å². The SMILES string of the molecule is CC#Cc1cc(C)c(C2C(=O)CC3(CCN(C(=O)c4ccccc4)CC3)CC2=O)c(OC)c1. The number of hydrogen-bond acceptors (Lipinski definition) is 4. The largest absolute Gasteiger partial charge is 0.496 e. The van der Waals surface area contributed by atoms with Gasteiger partial charge < -0.3 is 9.64 Å². The number of methoxy groups -OCH3 is 1. The molecule has 4 rings (SSSR count). The lowest BCUT2D eigenvalue weighted by Crippen LogP contribution is -2.48. The van der Waals surface area contributed by atoms with E-state index >= 15 is 0 Å². The molecule has 0 unspecified atom stereocenters. The second-order valence-electron chi connectivity index (χ2n) is 9.16. The van der Waals surface area contributed by atoms with Crippen LogP contribution in [0.2, 0.25) is 0 Å². The molecule has 2 aliphatic rings. The van der Waals surface area contributed by atoms with Crippen molar-refractivity contribution >= 4 is 17.5 Å². The fourth-order valence-corrected chi connectivity index (χ4v) is 5.33. The van der Waals surface area contributed by atoms with Crippen LogP contribution in [-0.4, -0.2) is 42.6 Å². The minimum atomic E-state index is -0.793. The molecule has 1 aliphatic carbocycles. The number of ether oxygens (including phenoxy) is 1. The topological polar surface area (TPSA) is 63.7 Å². The first-order chi connectivity index (χ1) is 15.9. The smallest absolute Gasteiger partial charge is 0.253 e. The fourth-order valence-electron chi connectivity index (χ4n) is 5.33. The Hall–Kier alpha value is -3.39. The molecule has 5 nitrogen and oxygen atoms in total. The number of ketones is 2. The van der Waals surface area contributed by atoms with Gasteiger partial charge in [-0.3, -0.25) is 14.4 Å². The highest BCUT2D eigenvalue weighted by atomic mass is 16.5. The van der Waals surface area contributed by atoms with Crippen molar-refractivity contribution in [3.05, 3.63) is 64.7 Å². The predicted octanol–water partition coefficient (Wildman–Crippen LogP) is 4.31. The third-order valence-electron chi connectivity index (χ3n) is 7.00. The van der Waals surface area contributed by atoms with E-state index in [1.165, 1.54) is 0 Å². The summed E-state index contributed by atoms with van der Waals surface area (Å²) < 4.78 is 5.57. The molecule has 5 heteroatoms. The van der Waals surface area contributed by atoms with E-state index in [1.807, 2.05) is 48.2 Å². The summed E-state index contributed by atoms with van der Waals surface area (Å²) in [5, 5.41) is 0. The molecule has 1 amide bonds. The Morgan fingerprint density at radius 1 is 1.06 bits per heavy atom. The van der Waals surface area contributed by atoms with Crippen LogP contribution in [0.1, 0.15) is 65.6 Å². The summed E-state index contributed by atoms with van der Waals surface area (Å²) in [7, 11) is 1.56. The Bertz CT molecular complexity index is 1130. The number of amides is 1. The lowest BCUT2D eigenvalue weighted by molar-refractivity contribution is -0.138. The van der Waals surface area contributed by atoms with Crippen LogP contribution in [0.15, 0.2) is 42.5 Å². The van der Waals surface area contributed by atoms with Crippen LogP contribution >= 0.6 is 0 Å². The van der Waals surface area contributed by atoms with Crippen LogP contribution in [0.25, 0.3) is 0 Å². The number of nitrogens with zero attached hydrogens (tertiary/aromatic N) is 1. The lowest BCUT2D eigenvalue weighted by atomic mass is 9.63. The zero-order valence-electron chi connectivity index (χ0n) is 19.4. The van der Waals surface area contributed by atoms with Crippen molar-refractivity contribution in [2.75, 3.05) is 20.2 Å². The standard InChI is InChI=1S/C28H29NO4/c1-4-8-20-15-19(2)25(24(16-20)33-3)26-22(30)17-28(18-23(26)31)11-13-29(14-12-28)27(32)21-9-6-5-7-10-21/h5-7,9-10,15-16,26H,11-14,17-18H2,1-3H3. The van der Waals surface area contributed by atoms with Gasteiger partial charge in [0.1, 0.15) is 23.2 Å². The Kier molecular flexibility index (Phi) is 6.37. The van der Waals surface area contributed by atoms with Gasteiger partial charge in [0.15, 0.2) is 0 Å². The molecule has 1 saturated heterocycles. The number of Topliss-reactive ketones (excluding diaryl/α,β-unsaturated/α-hetero) is 2. The third-order valence-corrected chi connectivity index (χ3v) is 7.00. The summed E-state index contributed by atoms with van der Waals surface area (Å²) in [5.41, 5.74) is 2.63. The van der Waals surface area contributed by atoms with Gasteiger partial charge in [-0.2, -0.15) is 0 Å². The lowest BCUT2D eigenvalue weighted by Gasteiger charge is -2.44. The molecular formula is C28H29NO4. The number of hydrogen-bond donors (Lipinski definition) is 0. The molecule has 1 saturated carbocycles. The van der Waals surface area contributed by atoms with Gasteiger partial charge in [0, 0.05) is 42.6 Å². The highest BCUT2D eigenvalue weighted by Crippen LogP contribution is 2.47. The van der Waals surface area contributed by atoms with Gasteiger partial charge in [0.25, 0.3) is 5.91 Å². The van der Waals surface area contributed by atoms with E-state index in [0.29, 0.717) is 55.6 Å². The van der Waals surface area contributed by atoms with E-state index in [9.17, 15) is 14.4 Å². The first-order valence-corrected chi connectivity index (χ1v) is 11.4. The quantitative estimate of drug-likeness (QED) is 0.524. The second kappa shape index (κ2) is 9.23. The van der Waals surface area contributed by atoms with Crippen LogP contribution in [0.4, 0.5) is 0 Å². The molecular weight excluding hydrogens is 414 g/mol. The number of rotatable bonds is 3. The molecule has 170 valence electrons. The molecule has 2 aromatic rings. The van der Waals surface area contributed by atoms with Gasteiger partial charge in [-0.05, 0) is 61.9 Å². The van der Waals surface area contributed by atoms with E-state index < -0.39 is 5.92 Å². The monoisotopic (exact) mass is 443 g/mol. The molecule has 1 aliphatic heterocycles. The van der Waals surface area contributed by atoms with E-state index in [4.69, 9.17) is 4.74 Å². The van der Waals surface area contributed by atoms with Gasteiger partial charge in [-0.15, -0.1) is 5.92 Å². The number of carbonyl (C=O) groups is 3. The average molecular weight is 444 g/mol. The molecule has 2 fully saturated rings. The molecule has 0 bridgehead atoms. The average Bonchev–Trinajstić information content (AvgIpc) is 2.80. The van der Waals surface area contributed by atoms with Crippen molar-refractivity contribution in [3.8, 4) is 17.6 Å². The van der Waals surface area contributed by atoms with E-state index in [1.54, 1.807) is 20.1 Å². The van der Waals surface area contributed by atoms with Gasteiger partial charge in [0.2, 0.25) is 0 Å². The highest BCUT2D eigenvalue weighted by molar-refractivity contribution is 6.11. The first-order valence-electron chi connectivity index (χ1n) is 11.4. The summed E-state index contributed by atoms with van der Waals surface area (Å²) in [6, 6.07) is 12.9. The maximum atomic E-state index is 13.4. The summed E-state index contributed by atoms with van der Waals surface area (Å²) in [6.07, 6.45) is 2.04. The fraction of sp³-hybridized carbons (Fsp3) is 0.393. The van der Waals surface area contributed by atoms with Crippen molar-refractivity contribution in [1.29, 1.82) is 0 Å². The predicted molar refractivity (Wildman–Crippen MR) is 126 cm³/mol. The zero-order chi connectivity index (χ0) is 23.6. The number of piperidine rings is 1. The number of benzene rings is 2. The molecule has 33 heavy (non-hydrogen) atoms. The third kappa shape index (κ3) is 4.43. The van der Waals surface area contributed by atoms with Crippen LogP contribution in [0, 0.1) is 24.2 Å². The normalized spacial score (nSPS) is 18.1. The van der Waals surface area contributed by atoms with Crippen LogP contribution < -0.4 is 4.74 Å². The Morgan fingerprint density at radius 2 is 1.70 bits per heavy atom. The number of carbonyl (C=O) groups excluding carboxylic acids is 3. The van der Waals surface area contributed by atoms with Gasteiger partial charge >= 0.3 is 0 Å². The van der Waals surface area contributed by atoms with Crippen molar-refractivity contribution in [1.82, 2.24) is 4.90 Å². The minimum absolute atomic E-state index is 0.00687. The van der Waals surface area contributed by atoms with Crippen molar-refractivity contribution in [2.45, 2.75) is 45.4 Å². The molecule has 0 aromatic heterocycles. The van der Waals surface area contributed by atoms with Gasteiger partial charge in [-0.25, -0.2) is 0 Å². The summed E-state index contributed by atoms with van der Waals surface area (Å²) in [6.45, 7) is 4.79. The molecule has 0 atom stereocenters. The summed E-state index contributed by atoms with van der Waals surface area (Å²) >= 11 is 0. The maximum absolute atomic E-state index is 13.4. The Labute approximate surface area is 195 Å². The molecule has 0 N–H and O–H groups in total. The second-order valence-corrected chi connectivity index (χ2v) is 9.16. The summed E-state index contributed by atoms with van der Waals surface area (Å²) in [5.74, 6) is 5.54. The number of aryl methyl sites for hydroxylation is 1. The minimum Gasteiger partial charge on any atom is -0.496 e. The van der Waals surface area contributed by atoms with Crippen LogP contribution in [0.5, 0.6) is 5.75 Å². The van der Waals surface area contributed by atoms with Gasteiger partial charge in [0.05, 0.1) is 7.11 Å². The van der Waals surface area contributed by atoms with Gasteiger partial charge in [-0.1, -0.05) is 24.1 Å². The van der Waals surface area contributed by atoms with E-state index in [0.717, 1.165) is 11.1 Å². The van der Waals surface area contributed by atoms with Crippen molar-refractivity contribution in [2.24, 2.45) is 5.41 Å². The zero-order valence-corrected chi connectivity index (χ0v) is 19.4. The highest BCUT2D eigenvalue weighted by Gasteiger charge is 2.48. The Balaban J connectivity index is 1.51. The molecule has 1 heterocycles. The first kappa shape index (κ1) is 22.8. The summed E-state index contributed by atoms with van der Waals surface area (Å²) in [4.78, 5) is 41.3. The van der Waals surface area contributed by atoms with Crippen LogP contribution in [0.3, 0.4) is 0 Å².